The van der Waals surface area contributed by atoms with Gasteiger partial charge in [0.25, 0.3) is 0 Å². The molecular weight excluding hydrogens is 847 g/mol. The number of nitrogens with one attached hydrogen (secondary N) is 1. The minimum absolute atomic E-state index is 0.216. The summed E-state index contributed by atoms with van der Waals surface area (Å²) in [6.07, 6.45) is 26.4. The van der Waals surface area contributed by atoms with E-state index in [0.29, 0.717) is 12.8 Å². The highest BCUT2D eigenvalue weighted by Crippen LogP contribution is 2.30. The quantitative estimate of drug-likeness (QED) is 0.0213. The van der Waals surface area contributed by atoms with Gasteiger partial charge in [0, 0.05) is 6.42 Å². The summed E-state index contributed by atoms with van der Waals surface area (Å²) in [5.74, 6) is -0.216. The predicted molar refractivity (Wildman–Crippen MR) is 259 cm³/mol. The molecular formula is C52H99NO13. The Balaban J connectivity index is 1.54. The van der Waals surface area contributed by atoms with E-state index in [2.05, 4.69) is 31.3 Å². The van der Waals surface area contributed by atoms with Crippen LogP contribution in [0.1, 0.15) is 219 Å². The lowest BCUT2D eigenvalue weighted by molar-refractivity contribution is -0.359. The number of aliphatic hydroxyl groups excluding tert-OH is 8. The van der Waals surface area contributed by atoms with Crippen molar-refractivity contribution in [1.82, 2.24) is 5.32 Å². The van der Waals surface area contributed by atoms with Gasteiger partial charge < -0.3 is 65.1 Å². The Bertz CT molecular complexity index is 1160. The summed E-state index contributed by atoms with van der Waals surface area (Å²) in [4.78, 5) is 13.0. The van der Waals surface area contributed by atoms with Gasteiger partial charge in [0.2, 0.25) is 5.91 Å². The SMILES string of the molecule is CCCCCCCCCC/C=C\CCCCCCCCCCCCCCCCCCCC(=O)NC(COC1OC(CO)C(OC2OC(CO)C(O)C(O)C2O)C(O)C1O)C(O)CCCCC. The van der Waals surface area contributed by atoms with Crippen molar-refractivity contribution >= 4 is 5.91 Å². The number of allylic oxidation sites excluding steroid dienone is 2. The van der Waals surface area contributed by atoms with Crippen LogP contribution in [0, 0.1) is 0 Å². The first-order chi connectivity index (χ1) is 32.1. The third-order valence-electron chi connectivity index (χ3n) is 13.5. The van der Waals surface area contributed by atoms with Gasteiger partial charge in [-0.15, -0.1) is 0 Å². The predicted octanol–water partition coefficient (Wildman–Crippen LogP) is 7.55. The Kier molecular flexibility index (Phi) is 36.4. The van der Waals surface area contributed by atoms with Crippen LogP contribution in [0.15, 0.2) is 12.2 Å². The first-order valence-corrected chi connectivity index (χ1v) is 26.9. The molecule has 0 aromatic rings. The van der Waals surface area contributed by atoms with Crippen LogP contribution in [0.3, 0.4) is 0 Å². The minimum atomic E-state index is -1.78. The molecule has 0 spiro atoms. The van der Waals surface area contributed by atoms with E-state index in [1.54, 1.807) is 0 Å². The normalized spacial score (nSPS) is 26.8. The first-order valence-electron chi connectivity index (χ1n) is 26.9. The van der Waals surface area contributed by atoms with Crippen molar-refractivity contribution in [2.24, 2.45) is 0 Å². The average Bonchev–Trinajstić information content (AvgIpc) is 3.31. The van der Waals surface area contributed by atoms with Crippen molar-refractivity contribution in [2.75, 3.05) is 19.8 Å². The Morgan fingerprint density at radius 3 is 1.44 bits per heavy atom. The zero-order valence-corrected chi connectivity index (χ0v) is 41.5. The first kappa shape index (κ1) is 60.9. The third kappa shape index (κ3) is 26.1. The number of carbonyl (C=O) groups excluding carboxylic acids is 1. The molecule has 2 fully saturated rings. The van der Waals surface area contributed by atoms with Crippen LogP contribution in [-0.2, 0) is 23.7 Å². The molecule has 2 saturated heterocycles. The van der Waals surface area contributed by atoms with E-state index < -0.39 is 86.8 Å². The van der Waals surface area contributed by atoms with Gasteiger partial charge in [-0.05, 0) is 38.5 Å². The molecule has 12 unspecified atom stereocenters. The largest absolute Gasteiger partial charge is 0.394 e. The third-order valence-corrected chi connectivity index (χ3v) is 13.5. The molecule has 0 aromatic carbocycles. The minimum Gasteiger partial charge on any atom is -0.394 e. The number of hydrogen-bond acceptors (Lipinski definition) is 13. The maximum Gasteiger partial charge on any atom is 0.220 e. The summed E-state index contributed by atoms with van der Waals surface area (Å²) < 4.78 is 22.5. The molecule has 14 heteroatoms. The maximum atomic E-state index is 13.0. The Morgan fingerprint density at radius 2 is 0.955 bits per heavy atom. The van der Waals surface area contributed by atoms with Crippen LogP contribution >= 0.6 is 0 Å². The van der Waals surface area contributed by atoms with E-state index in [-0.39, 0.29) is 12.5 Å². The van der Waals surface area contributed by atoms with Crippen LogP contribution < -0.4 is 5.32 Å². The van der Waals surface area contributed by atoms with Gasteiger partial charge in [0.05, 0.1) is 32.0 Å². The summed E-state index contributed by atoms with van der Waals surface area (Å²) in [5, 5.41) is 86.1. The smallest absolute Gasteiger partial charge is 0.220 e. The van der Waals surface area contributed by atoms with Crippen molar-refractivity contribution in [3.8, 4) is 0 Å². The topological polar surface area (TPSA) is 228 Å². The summed E-state index contributed by atoms with van der Waals surface area (Å²) in [6, 6.07) is -0.820. The number of unbranched alkanes of at least 4 members (excludes halogenated alkanes) is 27. The number of carbonyl (C=O) groups is 1. The van der Waals surface area contributed by atoms with Crippen LogP contribution in [0.4, 0.5) is 0 Å². The molecule has 2 heterocycles. The maximum absolute atomic E-state index is 13.0. The molecule has 14 nitrogen and oxygen atoms in total. The van der Waals surface area contributed by atoms with Crippen LogP contribution in [0.25, 0.3) is 0 Å². The van der Waals surface area contributed by atoms with E-state index in [0.717, 1.165) is 44.9 Å². The fourth-order valence-corrected chi connectivity index (χ4v) is 9.06. The van der Waals surface area contributed by atoms with Gasteiger partial charge in [-0.3, -0.25) is 4.79 Å². The number of hydrogen-bond donors (Lipinski definition) is 9. The molecule has 0 saturated carbocycles. The van der Waals surface area contributed by atoms with E-state index in [1.807, 2.05) is 0 Å². The molecule has 66 heavy (non-hydrogen) atoms. The second kappa shape index (κ2) is 39.5. The second-order valence-electron chi connectivity index (χ2n) is 19.4. The van der Waals surface area contributed by atoms with Crippen molar-refractivity contribution < 1.29 is 64.6 Å². The molecule has 390 valence electrons. The monoisotopic (exact) mass is 946 g/mol. The van der Waals surface area contributed by atoms with Crippen molar-refractivity contribution in [3.63, 3.8) is 0 Å². The highest BCUT2D eigenvalue weighted by Gasteiger charge is 2.51. The number of rotatable bonds is 42. The fraction of sp³-hybridized carbons (Fsp3) is 0.942. The molecule has 1 amide bonds. The lowest BCUT2D eigenvalue weighted by Gasteiger charge is -2.46. The number of amides is 1. The summed E-state index contributed by atoms with van der Waals surface area (Å²) in [7, 11) is 0. The van der Waals surface area contributed by atoms with Gasteiger partial charge >= 0.3 is 0 Å². The van der Waals surface area contributed by atoms with E-state index in [9.17, 15) is 45.6 Å². The van der Waals surface area contributed by atoms with Crippen molar-refractivity contribution in [2.45, 2.75) is 293 Å². The van der Waals surface area contributed by atoms with Crippen LogP contribution in [-0.4, -0.2) is 140 Å². The molecule has 2 aliphatic rings. The lowest BCUT2D eigenvalue weighted by atomic mass is 9.97. The van der Waals surface area contributed by atoms with Gasteiger partial charge in [-0.25, -0.2) is 0 Å². The molecule has 2 aliphatic heterocycles. The molecule has 0 radical (unpaired) electrons. The molecule has 2 rings (SSSR count). The van der Waals surface area contributed by atoms with Crippen molar-refractivity contribution in [3.05, 3.63) is 12.2 Å². The van der Waals surface area contributed by atoms with Gasteiger partial charge in [-0.2, -0.15) is 0 Å². The van der Waals surface area contributed by atoms with E-state index in [4.69, 9.17) is 18.9 Å². The lowest BCUT2D eigenvalue weighted by Crippen LogP contribution is -2.65. The molecule has 0 aromatic heterocycles. The zero-order chi connectivity index (χ0) is 48.2. The molecule has 9 N–H and O–H groups in total. The van der Waals surface area contributed by atoms with Gasteiger partial charge in [-0.1, -0.05) is 187 Å². The summed E-state index contributed by atoms with van der Waals surface area (Å²) >= 11 is 0. The zero-order valence-electron chi connectivity index (χ0n) is 41.5. The van der Waals surface area contributed by atoms with Gasteiger partial charge in [0.15, 0.2) is 12.6 Å². The number of aliphatic hydroxyl groups is 8. The molecule has 0 aliphatic carbocycles. The Hall–Kier alpha value is -1.27. The van der Waals surface area contributed by atoms with Crippen LogP contribution in [0.5, 0.6) is 0 Å². The van der Waals surface area contributed by atoms with Crippen molar-refractivity contribution in [1.29, 1.82) is 0 Å². The highest BCUT2D eigenvalue weighted by atomic mass is 16.7. The Morgan fingerprint density at radius 1 is 0.530 bits per heavy atom. The summed E-state index contributed by atoms with van der Waals surface area (Å²) in [6.45, 7) is 2.68. The summed E-state index contributed by atoms with van der Waals surface area (Å²) in [5.41, 5.74) is 0. The standard InChI is InChI=1S/C52H99NO13/c1-3-5-7-8-9-10-11-12-13-14-15-16-17-18-19-20-21-22-23-24-25-26-27-28-29-30-31-32-34-36-44(57)53-40(41(56)35-33-6-4-2)39-63-51-49(62)47(60)50(43(38-55)65-51)66-52-48(61)46(59)45(58)42(37-54)64-52/h14-15,40-43,45-52,54-56,58-62H,3-13,16-39H2,1-2H3,(H,53,57)/b15-14-. The highest BCUT2D eigenvalue weighted by molar-refractivity contribution is 5.76. The van der Waals surface area contributed by atoms with E-state index in [1.165, 1.54) is 148 Å². The van der Waals surface area contributed by atoms with Crippen LogP contribution in [0.2, 0.25) is 0 Å². The average molecular weight is 946 g/mol. The fourth-order valence-electron chi connectivity index (χ4n) is 9.06. The van der Waals surface area contributed by atoms with E-state index >= 15 is 0 Å². The Labute approximate surface area is 399 Å². The molecule has 12 atom stereocenters. The number of ether oxygens (including phenoxy) is 4. The van der Waals surface area contributed by atoms with Gasteiger partial charge in [0.1, 0.15) is 48.8 Å². The molecule has 0 bridgehead atoms. The second-order valence-corrected chi connectivity index (χ2v) is 19.4.